The van der Waals surface area contributed by atoms with Gasteiger partial charge in [-0.3, -0.25) is 9.59 Å². The van der Waals surface area contributed by atoms with Crippen LogP contribution in [0.1, 0.15) is 25.7 Å². The summed E-state index contributed by atoms with van der Waals surface area (Å²) >= 11 is 0. The van der Waals surface area contributed by atoms with Gasteiger partial charge in [0.25, 0.3) is 0 Å². The molecule has 0 rings (SSSR count). The number of carbonyl (C=O) groups excluding carboxylic acids is 1. The minimum atomic E-state index is -1.05. The minimum absolute atomic E-state index is 0.0278. The van der Waals surface area contributed by atoms with Gasteiger partial charge in [-0.2, -0.15) is 0 Å². The van der Waals surface area contributed by atoms with Gasteiger partial charge in [-0.05, 0) is 12.8 Å². The molecule has 0 aromatic carbocycles. The van der Waals surface area contributed by atoms with Crippen molar-refractivity contribution in [2.24, 2.45) is 0 Å². The van der Waals surface area contributed by atoms with Gasteiger partial charge >= 0.3 is 11.9 Å². The van der Waals surface area contributed by atoms with Crippen molar-refractivity contribution in [3.63, 3.8) is 0 Å². The Kier molecular flexibility index (Phi) is 18.6. The van der Waals surface area contributed by atoms with E-state index in [0.29, 0.717) is 26.1 Å². The van der Waals surface area contributed by atoms with Crippen LogP contribution in [-0.4, -0.2) is 83.2 Å². The number of carbonyl (C=O) groups is 2. The molecule has 0 spiro atoms. The monoisotopic (exact) mass is 326 g/mol. The van der Waals surface area contributed by atoms with E-state index in [1.807, 2.05) is 0 Å². The maximum Gasteiger partial charge on any atom is 0.305 e. The van der Waals surface area contributed by atoms with E-state index in [9.17, 15) is 9.59 Å². The second-order valence-electron chi connectivity index (χ2n) is 4.18. The van der Waals surface area contributed by atoms with Crippen LogP contribution in [0.15, 0.2) is 0 Å². The lowest BCUT2D eigenvalue weighted by Crippen LogP contribution is -2.21. The molecular weight excluding hydrogens is 300 g/mol. The zero-order valence-corrected chi connectivity index (χ0v) is 12.5. The molecule has 9 nitrogen and oxygen atoms in total. The van der Waals surface area contributed by atoms with Gasteiger partial charge in [-0.25, -0.2) is 0 Å². The second kappa shape index (κ2) is 17.8. The van der Waals surface area contributed by atoms with Gasteiger partial charge in [0.15, 0.2) is 0 Å². The zero-order chi connectivity index (χ0) is 17.2. The molecule has 1 atom stereocenters. The Bertz CT molecular complexity index is 266. The van der Waals surface area contributed by atoms with Crippen molar-refractivity contribution < 1.29 is 44.6 Å². The molecular formula is C13H26O9. The number of carboxylic acids is 1. The van der Waals surface area contributed by atoms with E-state index in [0.717, 1.165) is 0 Å². The molecule has 1 unspecified atom stereocenters. The quantitative estimate of drug-likeness (QED) is 0.213. The molecule has 22 heavy (non-hydrogen) atoms. The van der Waals surface area contributed by atoms with Gasteiger partial charge < -0.3 is 35.0 Å². The van der Waals surface area contributed by atoms with E-state index in [4.69, 9.17) is 25.5 Å². The molecule has 0 saturated heterocycles. The van der Waals surface area contributed by atoms with Gasteiger partial charge in [0.05, 0.1) is 33.0 Å². The highest BCUT2D eigenvalue weighted by atomic mass is 16.5. The normalized spacial score (nSPS) is 11.3. The summed E-state index contributed by atoms with van der Waals surface area (Å²) in [4.78, 5) is 21.1. The lowest BCUT2D eigenvalue weighted by molar-refractivity contribution is -0.147. The predicted octanol–water partition coefficient (Wildman–Crippen LogP) is -1.48. The summed E-state index contributed by atoms with van der Waals surface area (Å²) in [6.07, 6.45) is -0.0151. The second-order valence-corrected chi connectivity index (χ2v) is 4.18. The number of esters is 1. The van der Waals surface area contributed by atoms with E-state index in [-0.39, 0.29) is 32.7 Å². The molecule has 0 aromatic heterocycles. The fourth-order valence-electron chi connectivity index (χ4n) is 1.09. The number of ether oxygens (including phenoxy) is 2. The van der Waals surface area contributed by atoms with E-state index >= 15 is 0 Å². The minimum Gasteiger partial charge on any atom is -0.481 e. The average molecular weight is 326 g/mol. The summed E-state index contributed by atoms with van der Waals surface area (Å²) < 4.78 is 9.24. The van der Waals surface area contributed by atoms with Gasteiger partial charge in [0.2, 0.25) is 0 Å². The van der Waals surface area contributed by atoms with Crippen LogP contribution >= 0.6 is 0 Å². The molecule has 0 aliphatic carbocycles. The summed E-state index contributed by atoms with van der Waals surface area (Å²) in [6, 6.07) is 0. The number of aliphatic hydroxyl groups is 4. The molecule has 0 fully saturated rings. The fraction of sp³-hybridized carbons (Fsp3) is 0.846. The molecule has 132 valence electrons. The van der Waals surface area contributed by atoms with Crippen LogP contribution in [-0.2, 0) is 19.1 Å². The highest BCUT2D eigenvalue weighted by Gasteiger charge is 2.07. The maximum atomic E-state index is 10.9. The number of unbranched alkanes of at least 4 members (excludes halogenated alkanes) is 1. The summed E-state index contributed by atoms with van der Waals surface area (Å²) in [5.41, 5.74) is 0. The summed E-state index contributed by atoms with van der Waals surface area (Å²) in [5.74, 6) is -1.38. The molecule has 0 bridgehead atoms. The third kappa shape index (κ3) is 21.0. The van der Waals surface area contributed by atoms with Crippen LogP contribution in [0.2, 0.25) is 0 Å². The lowest BCUT2D eigenvalue weighted by Gasteiger charge is -2.07. The Labute approximate surface area is 129 Å². The molecule has 0 aliphatic rings. The van der Waals surface area contributed by atoms with E-state index in [1.54, 1.807) is 0 Å². The molecule has 9 heteroatoms. The van der Waals surface area contributed by atoms with Crippen molar-refractivity contribution in [3.05, 3.63) is 0 Å². The first-order chi connectivity index (χ1) is 10.5. The number of carboxylic acid groups (broad SMARTS) is 1. The average Bonchev–Trinajstić information content (AvgIpc) is 2.50. The largest absolute Gasteiger partial charge is 0.481 e. The first-order valence-corrected chi connectivity index (χ1v) is 6.93. The summed E-state index contributed by atoms with van der Waals surface area (Å²) in [7, 11) is 0. The Morgan fingerprint density at radius 2 is 1.50 bits per heavy atom. The maximum absolute atomic E-state index is 10.9. The Morgan fingerprint density at radius 3 is 1.95 bits per heavy atom. The molecule has 0 aliphatic heterocycles. The van der Waals surface area contributed by atoms with Crippen molar-refractivity contribution in [2.45, 2.75) is 31.8 Å². The third-order valence-electron chi connectivity index (χ3n) is 2.14. The highest BCUT2D eigenvalue weighted by molar-refractivity contribution is 5.69. The first-order valence-electron chi connectivity index (χ1n) is 6.93. The number of rotatable bonds is 12. The predicted molar refractivity (Wildman–Crippen MR) is 75.1 cm³/mol. The molecule has 0 amide bonds. The third-order valence-corrected chi connectivity index (χ3v) is 2.14. The van der Waals surface area contributed by atoms with Crippen LogP contribution in [0.3, 0.4) is 0 Å². The van der Waals surface area contributed by atoms with E-state index in [1.165, 1.54) is 0 Å². The van der Waals surface area contributed by atoms with Gasteiger partial charge in [0, 0.05) is 12.8 Å². The molecule has 0 heterocycles. The van der Waals surface area contributed by atoms with Crippen LogP contribution in [0.25, 0.3) is 0 Å². The Balaban J connectivity index is 0. The molecule has 0 radical (unpaired) electrons. The van der Waals surface area contributed by atoms with Crippen LogP contribution in [0, 0.1) is 0 Å². The first kappa shape index (κ1) is 23.0. The Morgan fingerprint density at radius 1 is 0.955 bits per heavy atom. The number of hydrogen-bond acceptors (Lipinski definition) is 8. The molecule has 0 aromatic rings. The van der Waals surface area contributed by atoms with Gasteiger partial charge in [0.1, 0.15) is 12.7 Å². The summed E-state index contributed by atoms with van der Waals surface area (Å²) in [6.45, 7) is 0.0156. The van der Waals surface area contributed by atoms with Crippen molar-refractivity contribution in [1.29, 1.82) is 0 Å². The summed E-state index contributed by atoms with van der Waals surface area (Å²) in [5, 5.41) is 41.7. The number of aliphatic carboxylic acids is 1. The van der Waals surface area contributed by atoms with Crippen LogP contribution < -0.4 is 0 Å². The van der Waals surface area contributed by atoms with Gasteiger partial charge in [-0.15, -0.1) is 0 Å². The standard InChI is InChI=1S/C9H16O6.C4H10O3/c10-5-7(11)6-15-9(14)4-2-1-3-8(12)13;5-1-3-7-4-2-6/h7,10-11H,1-6H2,(H,12,13);5-6H,1-4H2. The lowest BCUT2D eigenvalue weighted by atomic mass is 10.2. The van der Waals surface area contributed by atoms with Crippen molar-refractivity contribution in [2.75, 3.05) is 39.6 Å². The van der Waals surface area contributed by atoms with Crippen molar-refractivity contribution in [3.8, 4) is 0 Å². The zero-order valence-electron chi connectivity index (χ0n) is 12.5. The smallest absolute Gasteiger partial charge is 0.305 e. The topological polar surface area (TPSA) is 154 Å². The van der Waals surface area contributed by atoms with Crippen molar-refractivity contribution >= 4 is 11.9 Å². The fourth-order valence-corrected chi connectivity index (χ4v) is 1.09. The van der Waals surface area contributed by atoms with E-state index in [2.05, 4.69) is 9.47 Å². The molecule has 0 saturated carbocycles. The van der Waals surface area contributed by atoms with Crippen LogP contribution in [0.5, 0.6) is 0 Å². The molecule has 5 N–H and O–H groups in total. The van der Waals surface area contributed by atoms with Crippen molar-refractivity contribution in [1.82, 2.24) is 0 Å². The van der Waals surface area contributed by atoms with Gasteiger partial charge in [-0.1, -0.05) is 0 Å². The number of aliphatic hydroxyl groups excluding tert-OH is 4. The number of hydrogen-bond donors (Lipinski definition) is 5. The Hall–Kier alpha value is -1.26. The highest BCUT2D eigenvalue weighted by Crippen LogP contribution is 2.01. The van der Waals surface area contributed by atoms with Crippen LogP contribution in [0.4, 0.5) is 0 Å². The SMILES string of the molecule is O=C(O)CCCCC(=O)OCC(O)CO.OCCOCCO. The van der Waals surface area contributed by atoms with E-state index < -0.39 is 24.6 Å².